The summed E-state index contributed by atoms with van der Waals surface area (Å²) in [5, 5.41) is 2.08. The second kappa shape index (κ2) is 4.44. The lowest BCUT2D eigenvalue weighted by Gasteiger charge is -2.39. The minimum atomic E-state index is 0.0397. The van der Waals surface area contributed by atoms with Crippen LogP contribution in [0.15, 0.2) is 23.6 Å². The summed E-state index contributed by atoms with van der Waals surface area (Å²) in [6.45, 7) is 2.69. The molecule has 0 saturated heterocycles. The molecule has 0 spiro atoms. The minimum absolute atomic E-state index is 0.0397. The Labute approximate surface area is 111 Å². The van der Waals surface area contributed by atoms with Crippen molar-refractivity contribution < 1.29 is 0 Å². The largest absolute Gasteiger partial charge is 0.329 e. The summed E-state index contributed by atoms with van der Waals surface area (Å²) in [5.74, 6) is 0.944. The first-order valence-electron chi connectivity index (χ1n) is 6.34. The van der Waals surface area contributed by atoms with Gasteiger partial charge in [-0.3, -0.25) is 0 Å². The van der Waals surface area contributed by atoms with E-state index in [-0.39, 0.29) is 5.41 Å². The predicted octanol–water partition coefficient (Wildman–Crippen LogP) is 2.89. The first kappa shape index (κ1) is 11.8. The van der Waals surface area contributed by atoms with Crippen molar-refractivity contribution >= 4 is 11.3 Å². The molecular formula is C14H17N3S. The van der Waals surface area contributed by atoms with Gasteiger partial charge >= 0.3 is 0 Å². The molecule has 0 bridgehead atoms. The molecule has 2 N–H and O–H groups in total. The Balaban J connectivity index is 2.06. The molecule has 94 valence electrons. The number of rotatable bonds is 3. The van der Waals surface area contributed by atoms with E-state index in [9.17, 15) is 0 Å². The Kier molecular flexibility index (Phi) is 2.92. The molecule has 2 aromatic rings. The van der Waals surface area contributed by atoms with Gasteiger partial charge in [0.25, 0.3) is 0 Å². The van der Waals surface area contributed by atoms with Gasteiger partial charge in [-0.2, -0.15) is 0 Å². The fourth-order valence-electron chi connectivity index (χ4n) is 2.48. The summed E-state index contributed by atoms with van der Waals surface area (Å²) >= 11 is 1.72. The van der Waals surface area contributed by atoms with Crippen molar-refractivity contribution in [2.45, 2.75) is 31.6 Å². The summed E-state index contributed by atoms with van der Waals surface area (Å²) in [5.41, 5.74) is 8.05. The lowest BCUT2D eigenvalue weighted by atomic mass is 9.68. The highest BCUT2D eigenvalue weighted by molar-refractivity contribution is 7.13. The Morgan fingerprint density at radius 1 is 1.39 bits per heavy atom. The summed E-state index contributed by atoms with van der Waals surface area (Å²) < 4.78 is 0. The first-order chi connectivity index (χ1) is 8.73. The quantitative estimate of drug-likeness (QED) is 0.922. The van der Waals surface area contributed by atoms with Crippen LogP contribution >= 0.6 is 11.3 Å². The van der Waals surface area contributed by atoms with E-state index in [1.807, 2.05) is 6.92 Å². The Bertz CT molecular complexity index is 539. The van der Waals surface area contributed by atoms with Gasteiger partial charge in [-0.1, -0.05) is 12.5 Å². The summed E-state index contributed by atoms with van der Waals surface area (Å²) in [6.07, 6.45) is 3.48. The van der Waals surface area contributed by atoms with E-state index in [2.05, 4.69) is 28.6 Å². The molecule has 1 fully saturated rings. The van der Waals surface area contributed by atoms with Gasteiger partial charge in [0, 0.05) is 17.7 Å². The molecule has 4 heteroatoms. The van der Waals surface area contributed by atoms with Crippen molar-refractivity contribution in [2.75, 3.05) is 6.54 Å². The maximum atomic E-state index is 5.94. The second-order valence-corrected chi connectivity index (χ2v) is 5.98. The highest BCUT2D eigenvalue weighted by atomic mass is 32.1. The maximum Gasteiger partial charge on any atom is 0.136 e. The smallest absolute Gasteiger partial charge is 0.136 e. The van der Waals surface area contributed by atoms with Crippen molar-refractivity contribution in [3.8, 4) is 10.6 Å². The third-order valence-corrected chi connectivity index (χ3v) is 4.70. The van der Waals surface area contributed by atoms with Crippen molar-refractivity contribution in [3.63, 3.8) is 0 Å². The molecule has 3 nitrogen and oxygen atoms in total. The molecule has 0 atom stereocenters. The predicted molar refractivity (Wildman–Crippen MR) is 74.7 cm³/mol. The Hall–Kier alpha value is -1.26. The number of nitrogens with zero attached hydrogens (tertiary/aromatic N) is 2. The third-order valence-electron chi connectivity index (χ3n) is 3.80. The van der Waals surface area contributed by atoms with Crippen molar-refractivity contribution in [3.05, 3.63) is 35.1 Å². The van der Waals surface area contributed by atoms with E-state index in [4.69, 9.17) is 10.7 Å². The number of nitrogens with two attached hydrogens (primary N) is 1. The monoisotopic (exact) mass is 259 g/mol. The van der Waals surface area contributed by atoms with Gasteiger partial charge in [-0.25, -0.2) is 9.97 Å². The Morgan fingerprint density at radius 2 is 2.22 bits per heavy atom. The van der Waals surface area contributed by atoms with Crippen molar-refractivity contribution in [1.82, 2.24) is 9.97 Å². The lowest BCUT2D eigenvalue weighted by Crippen LogP contribution is -2.43. The summed E-state index contributed by atoms with van der Waals surface area (Å²) in [7, 11) is 0. The average Bonchev–Trinajstić information content (AvgIpc) is 2.81. The maximum absolute atomic E-state index is 5.94. The Morgan fingerprint density at radius 3 is 2.78 bits per heavy atom. The van der Waals surface area contributed by atoms with Crippen LogP contribution in [0.2, 0.25) is 0 Å². The van der Waals surface area contributed by atoms with Gasteiger partial charge in [0.2, 0.25) is 0 Å². The fraction of sp³-hybridized carbons (Fsp3) is 0.429. The lowest BCUT2D eigenvalue weighted by molar-refractivity contribution is 0.238. The van der Waals surface area contributed by atoms with Crippen LogP contribution in [0.25, 0.3) is 10.6 Å². The number of aryl methyl sites for hydroxylation is 1. The van der Waals surface area contributed by atoms with Crippen LogP contribution in [-0.2, 0) is 5.41 Å². The van der Waals surface area contributed by atoms with Crippen molar-refractivity contribution in [1.29, 1.82) is 0 Å². The van der Waals surface area contributed by atoms with E-state index in [0.717, 1.165) is 30.1 Å². The molecule has 1 saturated carbocycles. The first-order valence-corrected chi connectivity index (χ1v) is 7.22. The molecule has 0 unspecified atom stereocenters. The van der Waals surface area contributed by atoms with Crippen LogP contribution in [-0.4, -0.2) is 16.5 Å². The van der Waals surface area contributed by atoms with Gasteiger partial charge in [-0.15, -0.1) is 11.3 Å². The van der Waals surface area contributed by atoms with Gasteiger partial charge in [-0.05, 0) is 37.3 Å². The average molecular weight is 259 g/mol. The van der Waals surface area contributed by atoms with E-state index in [1.165, 1.54) is 11.3 Å². The third kappa shape index (κ3) is 1.85. The standard InChI is InChI=1S/C14H17N3S/c1-10-8-11(12-4-2-7-18-12)17-13(16-10)14(9-15)5-3-6-14/h2,4,7-8H,3,5-6,9,15H2,1H3. The molecule has 0 radical (unpaired) electrons. The van der Waals surface area contributed by atoms with Gasteiger partial charge in [0.05, 0.1) is 10.6 Å². The van der Waals surface area contributed by atoms with E-state index in [1.54, 1.807) is 11.3 Å². The second-order valence-electron chi connectivity index (χ2n) is 5.03. The number of hydrogen-bond donors (Lipinski definition) is 1. The molecule has 2 aromatic heterocycles. The molecule has 0 aliphatic heterocycles. The number of aromatic nitrogens is 2. The molecule has 0 aromatic carbocycles. The van der Waals surface area contributed by atoms with Crippen LogP contribution in [0.3, 0.4) is 0 Å². The molecule has 1 aliphatic carbocycles. The van der Waals surface area contributed by atoms with Crippen LogP contribution in [0.1, 0.15) is 30.8 Å². The van der Waals surface area contributed by atoms with Crippen LogP contribution in [0, 0.1) is 6.92 Å². The fourth-order valence-corrected chi connectivity index (χ4v) is 3.17. The van der Waals surface area contributed by atoms with E-state index < -0.39 is 0 Å². The minimum Gasteiger partial charge on any atom is -0.329 e. The molecule has 1 aliphatic rings. The molecule has 0 amide bonds. The van der Waals surface area contributed by atoms with Gasteiger partial charge in [0.15, 0.2) is 0 Å². The topological polar surface area (TPSA) is 51.8 Å². The zero-order valence-electron chi connectivity index (χ0n) is 10.5. The molecule has 18 heavy (non-hydrogen) atoms. The number of thiophene rings is 1. The highest BCUT2D eigenvalue weighted by Gasteiger charge is 2.40. The van der Waals surface area contributed by atoms with E-state index in [0.29, 0.717) is 6.54 Å². The van der Waals surface area contributed by atoms with Crippen LogP contribution in [0.4, 0.5) is 0 Å². The molecule has 2 heterocycles. The van der Waals surface area contributed by atoms with Gasteiger partial charge in [0.1, 0.15) is 5.82 Å². The van der Waals surface area contributed by atoms with Crippen LogP contribution < -0.4 is 5.73 Å². The van der Waals surface area contributed by atoms with Gasteiger partial charge < -0.3 is 5.73 Å². The van der Waals surface area contributed by atoms with Crippen molar-refractivity contribution in [2.24, 2.45) is 5.73 Å². The summed E-state index contributed by atoms with van der Waals surface area (Å²) in [4.78, 5) is 10.6. The normalized spacial score (nSPS) is 17.4. The SMILES string of the molecule is Cc1cc(-c2cccs2)nc(C2(CN)CCC2)n1. The number of hydrogen-bond acceptors (Lipinski definition) is 4. The van der Waals surface area contributed by atoms with Crippen LogP contribution in [0.5, 0.6) is 0 Å². The molecule has 3 rings (SSSR count). The zero-order valence-corrected chi connectivity index (χ0v) is 11.3. The summed E-state index contributed by atoms with van der Waals surface area (Å²) in [6, 6.07) is 6.21. The zero-order chi connectivity index (χ0) is 12.6. The highest BCUT2D eigenvalue weighted by Crippen LogP contribution is 2.41. The van der Waals surface area contributed by atoms with E-state index >= 15 is 0 Å². The molecular weight excluding hydrogens is 242 g/mol.